The van der Waals surface area contributed by atoms with Crippen LogP contribution in [-0.2, 0) is 0 Å². The number of hydrogen-bond donors (Lipinski definition) is 1. The van der Waals surface area contributed by atoms with Crippen molar-refractivity contribution in [3.63, 3.8) is 0 Å². The van der Waals surface area contributed by atoms with E-state index in [0.717, 1.165) is 22.6 Å². The van der Waals surface area contributed by atoms with E-state index in [4.69, 9.17) is 0 Å². The van der Waals surface area contributed by atoms with Gasteiger partial charge in [0.25, 0.3) is 0 Å². The smallest absolute Gasteiger partial charge is 0.227 e. The zero-order valence-electron chi connectivity index (χ0n) is 10.2. The van der Waals surface area contributed by atoms with Crippen LogP contribution in [0.2, 0.25) is 0 Å². The van der Waals surface area contributed by atoms with Gasteiger partial charge in [0.05, 0.1) is 0 Å². The summed E-state index contributed by atoms with van der Waals surface area (Å²) in [4.78, 5) is 8.86. The molecule has 0 aromatic carbocycles. The zero-order chi connectivity index (χ0) is 12.3. The Balaban J connectivity index is 2.24. The van der Waals surface area contributed by atoms with Gasteiger partial charge in [0, 0.05) is 17.1 Å². The molecule has 0 radical (unpaired) electrons. The third-order valence-electron chi connectivity index (χ3n) is 2.65. The van der Waals surface area contributed by atoms with Gasteiger partial charge in [-0.3, -0.25) is 0 Å². The van der Waals surface area contributed by atoms with Gasteiger partial charge in [0.15, 0.2) is 0 Å². The van der Waals surface area contributed by atoms with Crippen molar-refractivity contribution in [3.05, 3.63) is 51.7 Å². The van der Waals surface area contributed by atoms with E-state index in [-0.39, 0.29) is 0 Å². The molecule has 0 bridgehead atoms. The molecule has 0 fully saturated rings. The predicted octanol–water partition coefficient (Wildman–Crippen LogP) is 3.47. The maximum Gasteiger partial charge on any atom is 0.227 e. The lowest BCUT2D eigenvalue weighted by Gasteiger charge is -2.09. The lowest BCUT2D eigenvalue weighted by molar-refractivity contribution is 1.01. The molecule has 2 heterocycles. The van der Waals surface area contributed by atoms with E-state index in [0.29, 0.717) is 5.95 Å². The van der Waals surface area contributed by atoms with E-state index in [2.05, 4.69) is 15.3 Å². The quantitative estimate of drug-likeness (QED) is 0.865. The van der Waals surface area contributed by atoms with Crippen LogP contribution >= 0.6 is 11.8 Å². The Labute approximate surface area is 106 Å². The molecule has 17 heavy (non-hydrogen) atoms. The molecule has 1 aromatic heterocycles. The summed E-state index contributed by atoms with van der Waals surface area (Å²) in [5.41, 5.74) is 4.18. The highest BCUT2D eigenvalue weighted by Gasteiger charge is 2.04. The molecule has 0 amide bonds. The maximum atomic E-state index is 4.43. The number of nitrogens with one attached hydrogen (secondary N) is 1. The van der Waals surface area contributed by atoms with Crippen molar-refractivity contribution in [2.24, 2.45) is 0 Å². The van der Waals surface area contributed by atoms with Crippen LogP contribution in [0.15, 0.2) is 34.7 Å². The van der Waals surface area contributed by atoms with Gasteiger partial charge in [-0.1, -0.05) is 6.08 Å². The molecule has 0 saturated carbocycles. The second-order valence-corrected chi connectivity index (χ2v) is 4.67. The van der Waals surface area contributed by atoms with Gasteiger partial charge in [-0.25, -0.2) is 9.97 Å². The van der Waals surface area contributed by atoms with Crippen LogP contribution in [0.3, 0.4) is 0 Å². The fourth-order valence-electron chi connectivity index (χ4n) is 1.44. The van der Waals surface area contributed by atoms with Crippen LogP contribution in [0.4, 0.5) is 5.95 Å². The Morgan fingerprint density at radius 2 is 1.76 bits per heavy atom. The van der Waals surface area contributed by atoms with Crippen molar-refractivity contribution in [2.75, 3.05) is 5.32 Å². The van der Waals surface area contributed by atoms with Crippen molar-refractivity contribution in [1.82, 2.24) is 9.97 Å². The summed E-state index contributed by atoms with van der Waals surface area (Å²) < 4.78 is 0. The molecule has 88 valence electrons. The minimum absolute atomic E-state index is 0.654. The number of anilines is 1. The highest BCUT2D eigenvalue weighted by atomic mass is 32.2. The van der Waals surface area contributed by atoms with Crippen LogP contribution in [0, 0.1) is 20.8 Å². The molecule has 0 saturated heterocycles. The minimum atomic E-state index is 0.654. The molecule has 0 atom stereocenters. The van der Waals surface area contributed by atoms with E-state index in [9.17, 15) is 0 Å². The Hall–Kier alpha value is -1.55. The third kappa shape index (κ3) is 2.97. The molecular weight excluding hydrogens is 230 g/mol. The summed E-state index contributed by atoms with van der Waals surface area (Å²) >= 11 is 1.64. The average Bonchev–Trinajstić information content (AvgIpc) is 2.54. The van der Waals surface area contributed by atoms with Gasteiger partial charge in [-0.05, 0) is 49.3 Å². The topological polar surface area (TPSA) is 37.8 Å². The second kappa shape index (κ2) is 5.19. The number of thioether (sulfide) groups is 1. The number of aryl methyl sites for hydroxylation is 2. The number of rotatable bonds is 2. The van der Waals surface area contributed by atoms with Gasteiger partial charge in [-0.15, -0.1) is 11.8 Å². The van der Waals surface area contributed by atoms with E-state index in [1.54, 1.807) is 11.8 Å². The molecule has 4 heteroatoms. The number of aromatic nitrogens is 2. The normalized spacial score (nSPS) is 14.4. The lowest BCUT2D eigenvalue weighted by atomic mass is 10.2. The monoisotopic (exact) mass is 245 g/mol. The van der Waals surface area contributed by atoms with E-state index in [1.165, 1.54) is 0 Å². The van der Waals surface area contributed by atoms with Gasteiger partial charge in [0.1, 0.15) is 0 Å². The number of allylic oxidation sites excluding steroid dienone is 3. The first-order valence-electron chi connectivity index (χ1n) is 5.44. The highest BCUT2D eigenvalue weighted by Crippen LogP contribution is 2.16. The van der Waals surface area contributed by atoms with Crippen molar-refractivity contribution < 1.29 is 0 Å². The van der Waals surface area contributed by atoms with Gasteiger partial charge in [-0.2, -0.15) is 0 Å². The molecule has 3 nitrogen and oxygen atoms in total. The summed E-state index contributed by atoms with van der Waals surface area (Å²) in [7, 11) is 0. The molecule has 0 spiro atoms. The zero-order valence-corrected chi connectivity index (χ0v) is 11.0. The summed E-state index contributed by atoms with van der Waals surface area (Å²) in [6.07, 6.45) is 6.02. The molecule has 0 aliphatic carbocycles. The van der Waals surface area contributed by atoms with Gasteiger partial charge < -0.3 is 5.32 Å². The highest BCUT2D eigenvalue weighted by molar-refractivity contribution is 8.04. The maximum absolute atomic E-state index is 4.43. The standard InChI is InChI=1S/C13H15N3S/c1-9-10(2)14-13(15-11(9)3)16-12-5-4-7-17-8-6-12/h4-8H,1-3H3,(H,14,15,16). The molecular formula is C13H15N3S. The van der Waals surface area contributed by atoms with Crippen molar-refractivity contribution in [1.29, 1.82) is 0 Å². The molecule has 1 aliphatic heterocycles. The molecule has 1 N–H and O–H groups in total. The van der Waals surface area contributed by atoms with Gasteiger partial charge in [0.2, 0.25) is 5.95 Å². The van der Waals surface area contributed by atoms with Crippen LogP contribution in [0.25, 0.3) is 0 Å². The molecule has 1 aliphatic rings. The second-order valence-electron chi connectivity index (χ2n) is 3.86. The summed E-state index contributed by atoms with van der Waals surface area (Å²) in [5, 5.41) is 7.27. The molecule has 0 unspecified atom stereocenters. The van der Waals surface area contributed by atoms with Crippen LogP contribution in [0.1, 0.15) is 17.0 Å². The first kappa shape index (κ1) is 11.9. The summed E-state index contributed by atoms with van der Waals surface area (Å²) in [6, 6.07) is 0. The van der Waals surface area contributed by atoms with Crippen LogP contribution < -0.4 is 5.32 Å². The van der Waals surface area contributed by atoms with Crippen LogP contribution in [0.5, 0.6) is 0 Å². The first-order valence-corrected chi connectivity index (χ1v) is 6.39. The summed E-state index contributed by atoms with van der Waals surface area (Å²) in [6.45, 7) is 6.04. The van der Waals surface area contributed by atoms with Crippen molar-refractivity contribution in [3.8, 4) is 0 Å². The SMILES string of the molecule is Cc1nc(NC2=CC=CSC=C2)nc(C)c1C. The van der Waals surface area contributed by atoms with E-state index < -0.39 is 0 Å². The molecule has 1 aromatic rings. The fourth-order valence-corrected chi connectivity index (χ4v) is 1.93. The van der Waals surface area contributed by atoms with E-state index >= 15 is 0 Å². The largest absolute Gasteiger partial charge is 0.324 e. The number of hydrogen-bond acceptors (Lipinski definition) is 4. The summed E-state index contributed by atoms with van der Waals surface area (Å²) in [5.74, 6) is 0.654. The predicted molar refractivity (Wildman–Crippen MR) is 73.8 cm³/mol. The Bertz CT molecular complexity index is 492. The minimum Gasteiger partial charge on any atom is -0.324 e. The fraction of sp³-hybridized carbons (Fsp3) is 0.231. The Morgan fingerprint density at radius 1 is 1.06 bits per heavy atom. The number of nitrogens with zero attached hydrogens (tertiary/aromatic N) is 2. The van der Waals surface area contributed by atoms with E-state index in [1.807, 2.05) is 49.8 Å². The van der Waals surface area contributed by atoms with Crippen molar-refractivity contribution >= 4 is 17.7 Å². The Morgan fingerprint density at radius 3 is 2.47 bits per heavy atom. The molecule has 2 rings (SSSR count). The third-order valence-corrected chi connectivity index (χ3v) is 3.26. The first-order chi connectivity index (χ1) is 8.16. The average molecular weight is 245 g/mol. The van der Waals surface area contributed by atoms with Gasteiger partial charge >= 0.3 is 0 Å². The van der Waals surface area contributed by atoms with Crippen molar-refractivity contribution in [2.45, 2.75) is 20.8 Å². The lowest BCUT2D eigenvalue weighted by Crippen LogP contribution is -2.05. The Kier molecular flexibility index (Phi) is 3.64. The van der Waals surface area contributed by atoms with Crippen LogP contribution in [-0.4, -0.2) is 9.97 Å².